The largest absolute Gasteiger partial charge is 0.375 e. The van der Waals surface area contributed by atoms with Crippen LogP contribution < -0.4 is 5.32 Å². The third-order valence-corrected chi connectivity index (χ3v) is 4.39. The molecule has 1 N–H and O–H groups in total. The first-order chi connectivity index (χ1) is 10.2. The number of methoxy groups -OCH3 is 1. The number of piperidine rings is 1. The Kier molecular flexibility index (Phi) is 3.92. The highest BCUT2D eigenvalue weighted by atomic mass is 16.5. The second-order valence-corrected chi connectivity index (χ2v) is 5.73. The molecule has 2 amide bonds. The van der Waals surface area contributed by atoms with Gasteiger partial charge in [0, 0.05) is 25.9 Å². The van der Waals surface area contributed by atoms with Gasteiger partial charge in [-0.2, -0.15) is 0 Å². The number of ether oxygens (including phenoxy) is 1. The number of benzene rings is 1. The summed E-state index contributed by atoms with van der Waals surface area (Å²) in [6.07, 6.45) is 1.91. The van der Waals surface area contributed by atoms with Crippen LogP contribution in [0.15, 0.2) is 24.3 Å². The maximum Gasteiger partial charge on any atom is 0.248 e. The smallest absolute Gasteiger partial charge is 0.248 e. The van der Waals surface area contributed by atoms with Gasteiger partial charge < -0.3 is 15.0 Å². The molecular formula is C16H20N2O3. The molecule has 5 heteroatoms. The number of rotatable bonds is 3. The average Bonchev–Trinajstić information content (AvgIpc) is 2.83. The van der Waals surface area contributed by atoms with E-state index in [0.29, 0.717) is 6.54 Å². The van der Waals surface area contributed by atoms with Crippen LogP contribution in [0.4, 0.5) is 5.69 Å². The highest BCUT2D eigenvalue weighted by molar-refractivity contribution is 6.03. The lowest BCUT2D eigenvalue weighted by Crippen LogP contribution is -2.44. The van der Waals surface area contributed by atoms with Crippen molar-refractivity contribution in [1.82, 2.24) is 4.90 Å². The van der Waals surface area contributed by atoms with Gasteiger partial charge >= 0.3 is 0 Å². The molecule has 2 aliphatic heterocycles. The number of carbonyl (C=O) groups is 2. The van der Waals surface area contributed by atoms with E-state index in [4.69, 9.17) is 4.74 Å². The number of nitrogens with one attached hydrogen (secondary N) is 1. The van der Waals surface area contributed by atoms with Crippen molar-refractivity contribution in [2.75, 3.05) is 32.1 Å². The van der Waals surface area contributed by atoms with E-state index in [1.54, 1.807) is 0 Å². The van der Waals surface area contributed by atoms with Crippen LogP contribution in [-0.4, -0.2) is 43.5 Å². The molecule has 2 atom stereocenters. The standard InChI is InChI=1S/C16H20N2O3/c1-21-10-14(19)18-8-4-5-11(9-18)15-12-6-2-3-7-13(12)17-16(15)20/h2-3,6-7,11,15H,4-5,8-10H2,1H3,(H,17,20)/t11-,15-/m0/s1. The molecule has 1 aromatic rings. The summed E-state index contributed by atoms with van der Waals surface area (Å²) >= 11 is 0. The Morgan fingerprint density at radius 3 is 3.05 bits per heavy atom. The van der Waals surface area contributed by atoms with Crippen LogP contribution in [0.2, 0.25) is 0 Å². The first kappa shape index (κ1) is 14.1. The third kappa shape index (κ3) is 2.65. The molecule has 112 valence electrons. The average molecular weight is 288 g/mol. The summed E-state index contributed by atoms with van der Waals surface area (Å²) in [6, 6.07) is 7.83. The molecule has 1 aromatic carbocycles. The Morgan fingerprint density at radius 1 is 1.43 bits per heavy atom. The molecule has 2 aliphatic rings. The van der Waals surface area contributed by atoms with Crippen LogP contribution in [0.3, 0.4) is 0 Å². The molecule has 0 radical (unpaired) electrons. The van der Waals surface area contributed by atoms with E-state index in [0.717, 1.165) is 30.6 Å². The summed E-state index contributed by atoms with van der Waals surface area (Å²) in [7, 11) is 1.53. The minimum Gasteiger partial charge on any atom is -0.375 e. The van der Waals surface area contributed by atoms with E-state index < -0.39 is 0 Å². The number of fused-ring (bicyclic) bond motifs is 1. The second-order valence-electron chi connectivity index (χ2n) is 5.73. The first-order valence-electron chi connectivity index (χ1n) is 7.37. The molecule has 0 aliphatic carbocycles. The number of anilines is 1. The van der Waals surface area contributed by atoms with Crippen molar-refractivity contribution in [2.45, 2.75) is 18.8 Å². The lowest BCUT2D eigenvalue weighted by Gasteiger charge is -2.35. The number of carbonyl (C=O) groups excluding carboxylic acids is 2. The first-order valence-corrected chi connectivity index (χ1v) is 7.37. The van der Waals surface area contributed by atoms with Crippen molar-refractivity contribution in [3.8, 4) is 0 Å². The molecular weight excluding hydrogens is 268 g/mol. The van der Waals surface area contributed by atoms with Crippen molar-refractivity contribution < 1.29 is 14.3 Å². The summed E-state index contributed by atoms with van der Waals surface area (Å²) in [4.78, 5) is 26.1. The maximum atomic E-state index is 12.3. The van der Waals surface area contributed by atoms with Crippen molar-refractivity contribution in [1.29, 1.82) is 0 Å². The summed E-state index contributed by atoms with van der Waals surface area (Å²) in [5.74, 6) is 0.110. The Hall–Kier alpha value is -1.88. The number of para-hydroxylation sites is 1. The topological polar surface area (TPSA) is 58.6 Å². The zero-order valence-corrected chi connectivity index (χ0v) is 12.2. The zero-order valence-electron chi connectivity index (χ0n) is 12.2. The molecule has 0 unspecified atom stereocenters. The fourth-order valence-corrected chi connectivity index (χ4v) is 3.43. The maximum absolute atomic E-state index is 12.3. The molecule has 0 bridgehead atoms. The van der Waals surface area contributed by atoms with E-state index in [2.05, 4.69) is 5.32 Å². The Labute approximate surface area is 124 Å². The van der Waals surface area contributed by atoms with Crippen molar-refractivity contribution in [3.63, 3.8) is 0 Å². The molecule has 21 heavy (non-hydrogen) atoms. The van der Waals surface area contributed by atoms with Gasteiger partial charge in [-0.15, -0.1) is 0 Å². The molecule has 2 heterocycles. The van der Waals surface area contributed by atoms with Crippen molar-refractivity contribution in [2.24, 2.45) is 5.92 Å². The summed E-state index contributed by atoms with van der Waals surface area (Å²) in [5, 5.41) is 2.95. The van der Waals surface area contributed by atoms with Gasteiger partial charge in [0.2, 0.25) is 11.8 Å². The van der Waals surface area contributed by atoms with Crippen LogP contribution in [0.25, 0.3) is 0 Å². The van der Waals surface area contributed by atoms with Gasteiger partial charge in [0.05, 0.1) is 5.92 Å². The number of likely N-dealkylation sites (tertiary alicyclic amines) is 1. The Balaban J connectivity index is 1.77. The van der Waals surface area contributed by atoms with E-state index in [-0.39, 0.29) is 30.3 Å². The number of hydrogen-bond donors (Lipinski definition) is 1. The van der Waals surface area contributed by atoms with Crippen LogP contribution >= 0.6 is 0 Å². The fraction of sp³-hybridized carbons (Fsp3) is 0.500. The predicted molar refractivity (Wildman–Crippen MR) is 79.0 cm³/mol. The Bertz CT molecular complexity index is 558. The SMILES string of the molecule is COCC(=O)N1CCC[C@H]([C@@H]2C(=O)Nc3ccccc32)C1. The zero-order chi connectivity index (χ0) is 14.8. The molecule has 3 rings (SSSR count). The van der Waals surface area contributed by atoms with Gasteiger partial charge in [0.25, 0.3) is 0 Å². The number of hydrogen-bond acceptors (Lipinski definition) is 3. The lowest BCUT2D eigenvalue weighted by molar-refractivity contribution is -0.137. The third-order valence-electron chi connectivity index (χ3n) is 4.39. The van der Waals surface area contributed by atoms with Crippen LogP contribution in [0.1, 0.15) is 24.3 Å². The van der Waals surface area contributed by atoms with E-state index in [1.807, 2.05) is 29.2 Å². The second kappa shape index (κ2) is 5.85. The van der Waals surface area contributed by atoms with Gasteiger partial charge in [-0.1, -0.05) is 18.2 Å². The minimum absolute atomic E-state index is 0.00823. The van der Waals surface area contributed by atoms with Gasteiger partial charge in [0.15, 0.2) is 0 Å². The molecule has 0 spiro atoms. The van der Waals surface area contributed by atoms with Gasteiger partial charge in [-0.25, -0.2) is 0 Å². The lowest BCUT2D eigenvalue weighted by atomic mass is 9.82. The summed E-state index contributed by atoms with van der Waals surface area (Å²) in [6.45, 7) is 1.50. The monoisotopic (exact) mass is 288 g/mol. The van der Waals surface area contributed by atoms with Gasteiger partial charge in [-0.3, -0.25) is 9.59 Å². The van der Waals surface area contributed by atoms with E-state index in [1.165, 1.54) is 7.11 Å². The van der Waals surface area contributed by atoms with Crippen LogP contribution in [0, 0.1) is 5.92 Å². The molecule has 5 nitrogen and oxygen atoms in total. The minimum atomic E-state index is -0.139. The molecule has 0 aromatic heterocycles. The van der Waals surface area contributed by atoms with Crippen molar-refractivity contribution in [3.05, 3.63) is 29.8 Å². The van der Waals surface area contributed by atoms with Gasteiger partial charge in [-0.05, 0) is 30.4 Å². The Morgan fingerprint density at radius 2 is 2.24 bits per heavy atom. The highest BCUT2D eigenvalue weighted by Gasteiger charge is 2.39. The fourth-order valence-electron chi connectivity index (χ4n) is 3.43. The predicted octanol–water partition coefficient (Wildman–Crippen LogP) is 1.61. The van der Waals surface area contributed by atoms with E-state index in [9.17, 15) is 9.59 Å². The summed E-state index contributed by atoms with van der Waals surface area (Å²) in [5.41, 5.74) is 1.97. The van der Waals surface area contributed by atoms with E-state index >= 15 is 0 Å². The number of nitrogens with zero attached hydrogens (tertiary/aromatic N) is 1. The normalized spacial score (nSPS) is 24.6. The molecule has 1 fully saturated rings. The highest BCUT2D eigenvalue weighted by Crippen LogP contribution is 2.40. The van der Waals surface area contributed by atoms with Gasteiger partial charge in [0.1, 0.15) is 6.61 Å². The van der Waals surface area contributed by atoms with Crippen LogP contribution in [-0.2, 0) is 14.3 Å². The molecule has 0 saturated carbocycles. The van der Waals surface area contributed by atoms with Crippen molar-refractivity contribution >= 4 is 17.5 Å². The summed E-state index contributed by atoms with van der Waals surface area (Å²) < 4.78 is 4.92. The van der Waals surface area contributed by atoms with Crippen LogP contribution in [0.5, 0.6) is 0 Å². The molecule has 1 saturated heterocycles. The number of amides is 2. The quantitative estimate of drug-likeness (QED) is 0.919.